The van der Waals surface area contributed by atoms with Gasteiger partial charge in [0.2, 0.25) is 0 Å². The largest absolute Gasteiger partial charge is 0.381 e. The van der Waals surface area contributed by atoms with Crippen LogP contribution in [0.1, 0.15) is 34.7 Å². The van der Waals surface area contributed by atoms with Crippen LogP contribution in [0.2, 0.25) is 0 Å². The van der Waals surface area contributed by atoms with E-state index in [1.807, 2.05) is 50.2 Å². The van der Waals surface area contributed by atoms with E-state index in [1.165, 1.54) is 4.52 Å². The number of carbonyl (C=O) groups excluding carboxylic acids is 1. The summed E-state index contributed by atoms with van der Waals surface area (Å²) in [5.41, 5.74) is 9.73. The fourth-order valence-corrected chi connectivity index (χ4v) is 4.30. The molecule has 3 N–H and O–H groups in total. The van der Waals surface area contributed by atoms with E-state index in [0.29, 0.717) is 16.7 Å². The van der Waals surface area contributed by atoms with Gasteiger partial charge in [-0.25, -0.2) is 9.50 Å². The smallest absolute Gasteiger partial charge is 0.259 e. The number of aromatic nitrogens is 5. The molecular formula is C25H23N7O2. The van der Waals surface area contributed by atoms with Crippen LogP contribution >= 0.6 is 0 Å². The van der Waals surface area contributed by atoms with Crippen molar-refractivity contribution in [3.63, 3.8) is 0 Å². The summed E-state index contributed by atoms with van der Waals surface area (Å²) in [6.45, 7) is 3.74. The maximum atomic E-state index is 13.5. The number of nitrogens with one attached hydrogen (secondary N) is 1. The Labute approximate surface area is 194 Å². The third-order valence-electron chi connectivity index (χ3n) is 5.95. The minimum absolute atomic E-state index is 0.0908. The minimum atomic E-state index is -0.473. The summed E-state index contributed by atoms with van der Waals surface area (Å²) in [5.74, 6) is -0.319. The number of nitrogens with two attached hydrogens (primary N) is 1. The van der Waals surface area contributed by atoms with Crippen LogP contribution in [0.15, 0.2) is 65.8 Å². The van der Waals surface area contributed by atoms with E-state index < -0.39 is 11.9 Å². The number of nitrogen functional groups attached to an aromatic ring is 1. The summed E-state index contributed by atoms with van der Waals surface area (Å²) in [6.07, 6.45) is 4.99. The summed E-state index contributed by atoms with van der Waals surface area (Å²) in [7, 11) is 1.71. The van der Waals surface area contributed by atoms with Crippen LogP contribution in [0.5, 0.6) is 0 Å². The SMILES string of the molecule is Cc1cc(-c2cccc3cc([C@H](C)NC(=O)c4c(N)nn5cccnc45)n(C)c(=O)c23)ccn1. The number of pyridine rings is 2. The summed E-state index contributed by atoms with van der Waals surface area (Å²) >= 11 is 0. The van der Waals surface area contributed by atoms with Crippen molar-refractivity contribution in [3.05, 3.63) is 88.4 Å². The number of fused-ring (bicyclic) bond motifs is 2. The highest BCUT2D eigenvalue weighted by Gasteiger charge is 2.22. The van der Waals surface area contributed by atoms with Crippen molar-refractivity contribution in [1.82, 2.24) is 29.5 Å². The predicted octanol–water partition coefficient (Wildman–Crippen LogP) is 3.02. The van der Waals surface area contributed by atoms with Gasteiger partial charge >= 0.3 is 0 Å². The van der Waals surface area contributed by atoms with Crippen LogP contribution in [-0.4, -0.2) is 30.1 Å². The Hall–Kier alpha value is -4.53. The average molecular weight is 454 g/mol. The zero-order valence-corrected chi connectivity index (χ0v) is 19.0. The summed E-state index contributed by atoms with van der Waals surface area (Å²) in [6, 6.07) is 12.8. The molecule has 34 heavy (non-hydrogen) atoms. The number of amides is 1. The Bertz CT molecular complexity index is 1630. The van der Waals surface area contributed by atoms with Gasteiger partial charge in [-0.15, -0.1) is 5.10 Å². The molecule has 0 aliphatic carbocycles. The molecule has 5 rings (SSSR count). The number of aryl methyl sites for hydroxylation is 1. The molecule has 0 fully saturated rings. The standard InChI is InChI=1S/C25H23N7O2/c1-14-12-16(8-10-27-14)18-7-4-6-17-13-19(31(3)25(34)20(17)18)15(2)29-24(33)21-22(26)30-32-11-5-9-28-23(21)32/h4-13,15H,1-3H3,(H2,26,30)(H,29,33)/t15-/m0/s1. The average Bonchev–Trinajstić information content (AvgIpc) is 3.16. The van der Waals surface area contributed by atoms with E-state index in [4.69, 9.17) is 5.73 Å². The highest BCUT2D eigenvalue weighted by Crippen LogP contribution is 2.28. The molecule has 5 aromatic rings. The lowest BCUT2D eigenvalue weighted by molar-refractivity contribution is 0.0941. The second kappa shape index (κ2) is 8.11. The van der Waals surface area contributed by atoms with Crippen LogP contribution in [0.25, 0.3) is 27.5 Å². The number of carbonyl (C=O) groups is 1. The fourth-order valence-electron chi connectivity index (χ4n) is 4.30. The maximum absolute atomic E-state index is 13.5. The normalized spacial score (nSPS) is 12.2. The van der Waals surface area contributed by atoms with Gasteiger partial charge in [0.15, 0.2) is 11.5 Å². The summed E-state index contributed by atoms with van der Waals surface area (Å²) in [5, 5.41) is 8.49. The van der Waals surface area contributed by atoms with Crippen molar-refractivity contribution < 1.29 is 4.79 Å². The van der Waals surface area contributed by atoms with E-state index in [2.05, 4.69) is 20.4 Å². The van der Waals surface area contributed by atoms with E-state index in [-0.39, 0.29) is 16.9 Å². The van der Waals surface area contributed by atoms with Crippen molar-refractivity contribution >= 4 is 28.1 Å². The van der Waals surface area contributed by atoms with Gasteiger partial charge in [-0.2, -0.15) is 0 Å². The first-order valence-corrected chi connectivity index (χ1v) is 10.8. The van der Waals surface area contributed by atoms with E-state index in [1.54, 1.807) is 36.3 Å². The fraction of sp³-hybridized carbons (Fsp3) is 0.160. The van der Waals surface area contributed by atoms with Crippen LogP contribution < -0.4 is 16.6 Å². The molecule has 1 amide bonds. The molecule has 4 heterocycles. The van der Waals surface area contributed by atoms with Gasteiger partial charge in [-0.1, -0.05) is 18.2 Å². The monoisotopic (exact) mass is 453 g/mol. The molecule has 0 bridgehead atoms. The number of benzene rings is 1. The van der Waals surface area contributed by atoms with Crippen LogP contribution in [0, 0.1) is 6.92 Å². The summed E-state index contributed by atoms with van der Waals surface area (Å²) in [4.78, 5) is 35.0. The molecule has 1 aromatic carbocycles. The molecule has 0 saturated carbocycles. The number of hydrogen-bond donors (Lipinski definition) is 2. The molecule has 0 unspecified atom stereocenters. The van der Waals surface area contributed by atoms with E-state index in [9.17, 15) is 9.59 Å². The van der Waals surface area contributed by atoms with Crippen LogP contribution in [-0.2, 0) is 7.05 Å². The molecule has 0 saturated heterocycles. The van der Waals surface area contributed by atoms with Crippen molar-refractivity contribution in [1.29, 1.82) is 0 Å². The van der Waals surface area contributed by atoms with Crippen LogP contribution in [0.4, 0.5) is 5.82 Å². The molecule has 9 heteroatoms. The molecular weight excluding hydrogens is 430 g/mol. The second-order valence-corrected chi connectivity index (χ2v) is 8.23. The van der Waals surface area contributed by atoms with Gasteiger partial charge in [0.05, 0.1) is 11.4 Å². The van der Waals surface area contributed by atoms with Crippen molar-refractivity contribution in [2.45, 2.75) is 19.9 Å². The molecule has 170 valence electrons. The summed E-state index contributed by atoms with van der Waals surface area (Å²) < 4.78 is 3.03. The Morgan fingerprint density at radius 2 is 1.94 bits per heavy atom. The molecule has 4 aromatic heterocycles. The zero-order valence-electron chi connectivity index (χ0n) is 19.0. The van der Waals surface area contributed by atoms with Gasteiger partial charge in [-0.05, 0) is 54.6 Å². The van der Waals surface area contributed by atoms with Crippen molar-refractivity contribution in [2.75, 3.05) is 5.73 Å². The molecule has 9 nitrogen and oxygen atoms in total. The van der Waals surface area contributed by atoms with Crippen molar-refractivity contribution in [2.24, 2.45) is 7.05 Å². The first-order valence-electron chi connectivity index (χ1n) is 10.8. The minimum Gasteiger partial charge on any atom is -0.381 e. The van der Waals surface area contributed by atoms with Gasteiger partial charge < -0.3 is 15.6 Å². The number of hydrogen-bond acceptors (Lipinski definition) is 6. The van der Waals surface area contributed by atoms with Gasteiger partial charge in [0.25, 0.3) is 11.5 Å². The Balaban J connectivity index is 1.55. The number of nitrogens with zero attached hydrogens (tertiary/aromatic N) is 5. The quantitative estimate of drug-likeness (QED) is 0.432. The molecule has 0 radical (unpaired) electrons. The lowest BCUT2D eigenvalue weighted by Gasteiger charge is -2.19. The topological polar surface area (TPSA) is 120 Å². The molecule has 0 aliphatic rings. The second-order valence-electron chi connectivity index (χ2n) is 8.23. The van der Waals surface area contributed by atoms with Gasteiger partial charge in [0.1, 0.15) is 5.56 Å². The first kappa shape index (κ1) is 21.3. The molecule has 0 aliphatic heterocycles. The number of anilines is 1. The Morgan fingerprint density at radius 1 is 1.12 bits per heavy atom. The van der Waals surface area contributed by atoms with Crippen molar-refractivity contribution in [3.8, 4) is 11.1 Å². The Morgan fingerprint density at radius 3 is 2.74 bits per heavy atom. The third kappa shape index (κ3) is 3.47. The lowest BCUT2D eigenvalue weighted by Crippen LogP contribution is -2.32. The zero-order chi connectivity index (χ0) is 24.0. The van der Waals surface area contributed by atoms with E-state index >= 15 is 0 Å². The van der Waals surface area contributed by atoms with Gasteiger partial charge in [-0.3, -0.25) is 14.6 Å². The van der Waals surface area contributed by atoms with Crippen LogP contribution in [0.3, 0.4) is 0 Å². The Kier molecular flexibility index (Phi) is 5.09. The molecule has 0 spiro atoms. The predicted molar refractivity (Wildman–Crippen MR) is 130 cm³/mol. The van der Waals surface area contributed by atoms with Gasteiger partial charge in [0, 0.05) is 37.0 Å². The molecule has 1 atom stereocenters. The van der Waals surface area contributed by atoms with E-state index in [0.717, 1.165) is 22.2 Å². The lowest BCUT2D eigenvalue weighted by atomic mass is 9.98. The maximum Gasteiger partial charge on any atom is 0.259 e. The first-order chi connectivity index (χ1) is 16.3. The highest BCUT2D eigenvalue weighted by molar-refractivity contribution is 6.04. The third-order valence-corrected chi connectivity index (χ3v) is 5.95. The highest BCUT2D eigenvalue weighted by atomic mass is 16.2. The number of rotatable bonds is 4.